The highest BCUT2D eigenvalue weighted by Gasteiger charge is 2.06. The molecule has 0 aliphatic heterocycles. The second-order valence-electron chi connectivity index (χ2n) is 3.18. The van der Waals surface area contributed by atoms with Crippen LogP contribution in [0.15, 0.2) is 29.4 Å². The Morgan fingerprint density at radius 3 is 3.00 bits per heavy atom. The predicted molar refractivity (Wildman–Crippen MR) is 59.6 cm³/mol. The minimum absolute atomic E-state index is 0.143. The van der Waals surface area contributed by atoms with Gasteiger partial charge < -0.3 is 15.7 Å². The van der Waals surface area contributed by atoms with Gasteiger partial charge in [-0.1, -0.05) is 22.8 Å². The van der Waals surface area contributed by atoms with E-state index in [9.17, 15) is 0 Å². The number of halogens is 1. The van der Waals surface area contributed by atoms with Crippen molar-refractivity contribution in [3.05, 3.63) is 29.3 Å². The van der Waals surface area contributed by atoms with Crippen LogP contribution in [0.2, 0.25) is 5.02 Å². The van der Waals surface area contributed by atoms with Crippen LogP contribution in [0.4, 0.5) is 0 Å². The zero-order valence-electron chi connectivity index (χ0n) is 8.35. The fraction of sp³-hybridized carbons (Fsp3) is 0.300. The van der Waals surface area contributed by atoms with Crippen LogP contribution in [0.3, 0.4) is 0 Å². The maximum atomic E-state index is 8.38. The Morgan fingerprint density at radius 1 is 1.67 bits per heavy atom. The van der Waals surface area contributed by atoms with E-state index in [1.807, 2.05) is 6.92 Å². The molecule has 1 unspecified atom stereocenters. The van der Waals surface area contributed by atoms with Crippen LogP contribution in [-0.4, -0.2) is 17.1 Å². The fourth-order valence-corrected chi connectivity index (χ4v) is 1.33. The molecule has 0 spiro atoms. The Balaban J connectivity index is 2.55. The first-order chi connectivity index (χ1) is 7.11. The molecule has 15 heavy (non-hydrogen) atoms. The molecule has 1 aromatic carbocycles. The van der Waals surface area contributed by atoms with Gasteiger partial charge in [0.1, 0.15) is 17.7 Å². The molecule has 0 saturated heterocycles. The molecule has 0 aliphatic carbocycles. The van der Waals surface area contributed by atoms with Gasteiger partial charge in [0.05, 0.1) is 0 Å². The van der Waals surface area contributed by atoms with Gasteiger partial charge >= 0.3 is 0 Å². The van der Waals surface area contributed by atoms with Gasteiger partial charge in [0.2, 0.25) is 0 Å². The van der Waals surface area contributed by atoms with Gasteiger partial charge in [-0.3, -0.25) is 0 Å². The highest BCUT2D eigenvalue weighted by Crippen LogP contribution is 2.18. The van der Waals surface area contributed by atoms with Crippen molar-refractivity contribution in [2.75, 3.05) is 0 Å². The number of rotatable bonds is 4. The van der Waals surface area contributed by atoms with E-state index >= 15 is 0 Å². The van der Waals surface area contributed by atoms with Crippen molar-refractivity contribution in [2.45, 2.75) is 19.4 Å². The lowest BCUT2D eigenvalue weighted by Crippen LogP contribution is -2.22. The van der Waals surface area contributed by atoms with E-state index in [0.29, 0.717) is 17.2 Å². The largest absolute Gasteiger partial charge is 0.490 e. The summed E-state index contributed by atoms with van der Waals surface area (Å²) in [7, 11) is 0. The van der Waals surface area contributed by atoms with Gasteiger partial charge in [0, 0.05) is 11.4 Å². The first kappa shape index (κ1) is 11.7. The third kappa shape index (κ3) is 4.08. The molecule has 0 aliphatic rings. The smallest absolute Gasteiger partial charge is 0.142 e. The summed E-state index contributed by atoms with van der Waals surface area (Å²) in [6, 6.07) is 7.08. The van der Waals surface area contributed by atoms with E-state index in [2.05, 4.69) is 5.16 Å². The molecule has 1 atom stereocenters. The zero-order chi connectivity index (χ0) is 11.3. The summed E-state index contributed by atoms with van der Waals surface area (Å²) in [6.45, 7) is 1.83. The second-order valence-corrected chi connectivity index (χ2v) is 3.62. The molecule has 0 aromatic heterocycles. The van der Waals surface area contributed by atoms with Crippen LogP contribution in [-0.2, 0) is 0 Å². The van der Waals surface area contributed by atoms with Crippen molar-refractivity contribution in [3.63, 3.8) is 0 Å². The molecule has 4 nitrogen and oxygen atoms in total. The number of hydrogen-bond donors (Lipinski definition) is 2. The summed E-state index contributed by atoms with van der Waals surface area (Å²) in [4.78, 5) is 0. The molecule has 0 amide bonds. The highest BCUT2D eigenvalue weighted by molar-refractivity contribution is 6.30. The highest BCUT2D eigenvalue weighted by atomic mass is 35.5. The van der Waals surface area contributed by atoms with Crippen LogP contribution in [0, 0.1) is 0 Å². The third-order valence-electron chi connectivity index (χ3n) is 1.76. The number of nitrogens with two attached hydrogens (primary N) is 1. The van der Waals surface area contributed by atoms with Crippen molar-refractivity contribution in [1.29, 1.82) is 0 Å². The van der Waals surface area contributed by atoms with E-state index in [0.717, 1.165) is 0 Å². The minimum atomic E-state index is -0.167. The summed E-state index contributed by atoms with van der Waals surface area (Å²) in [5.41, 5.74) is 5.35. The van der Waals surface area contributed by atoms with Crippen LogP contribution in [0.25, 0.3) is 0 Å². The van der Waals surface area contributed by atoms with E-state index < -0.39 is 0 Å². The molecule has 0 radical (unpaired) electrons. The van der Waals surface area contributed by atoms with E-state index in [-0.39, 0.29) is 11.9 Å². The average Bonchev–Trinajstić information content (AvgIpc) is 2.17. The lowest BCUT2D eigenvalue weighted by atomic mass is 10.2. The number of benzene rings is 1. The summed E-state index contributed by atoms with van der Waals surface area (Å²) >= 11 is 5.79. The number of hydrogen-bond acceptors (Lipinski definition) is 3. The Labute approximate surface area is 93.3 Å². The SMILES string of the molecule is CC(CC(N)=NO)Oc1cccc(Cl)c1. The molecule has 1 rings (SSSR count). The van der Waals surface area contributed by atoms with E-state index in [1.54, 1.807) is 24.3 Å². The van der Waals surface area contributed by atoms with Crippen molar-refractivity contribution in [1.82, 2.24) is 0 Å². The monoisotopic (exact) mass is 228 g/mol. The van der Waals surface area contributed by atoms with Gasteiger partial charge in [-0.15, -0.1) is 0 Å². The standard InChI is InChI=1S/C10H13ClN2O2/c1-7(5-10(12)13-14)15-9-4-2-3-8(11)6-9/h2-4,6-7,14H,5H2,1H3,(H2,12,13). The predicted octanol–water partition coefficient (Wildman–Crippen LogP) is 2.24. The van der Waals surface area contributed by atoms with Crippen molar-refractivity contribution in [3.8, 4) is 5.75 Å². The fourth-order valence-electron chi connectivity index (χ4n) is 1.15. The molecule has 5 heteroatoms. The molecular formula is C10H13ClN2O2. The first-order valence-electron chi connectivity index (χ1n) is 4.50. The van der Waals surface area contributed by atoms with Crippen molar-refractivity contribution >= 4 is 17.4 Å². The van der Waals surface area contributed by atoms with Gasteiger partial charge in [0.25, 0.3) is 0 Å². The Kier molecular flexibility index (Phi) is 4.24. The Bertz CT molecular complexity index is 355. The van der Waals surface area contributed by atoms with Crippen LogP contribution in [0.5, 0.6) is 5.75 Å². The molecule has 0 bridgehead atoms. The molecular weight excluding hydrogens is 216 g/mol. The summed E-state index contributed by atoms with van der Waals surface area (Å²) in [5.74, 6) is 0.810. The summed E-state index contributed by atoms with van der Waals surface area (Å²) < 4.78 is 5.51. The second kappa shape index (κ2) is 5.46. The quantitative estimate of drug-likeness (QED) is 0.359. The minimum Gasteiger partial charge on any atom is -0.490 e. The van der Waals surface area contributed by atoms with Gasteiger partial charge in [-0.25, -0.2) is 0 Å². The zero-order valence-corrected chi connectivity index (χ0v) is 9.11. The summed E-state index contributed by atoms with van der Waals surface area (Å²) in [5, 5.41) is 11.9. The van der Waals surface area contributed by atoms with E-state index in [1.165, 1.54) is 0 Å². The first-order valence-corrected chi connectivity index (χ1v) is 4.88. The normalized spacial score (nSPS) is 13.6. The average molecular weight is 229 g/mol. The Hall–Kier alpha value is -1.42. The molecule has 0 fully saturated rings. The number of amidine groups is 1. The molecule has 82 valence electrons. The van der Waals surface area contributed by atoms with Crippen LogP contribution in [0.1, 0.15) is 13.3 Å². The third-order valence-corrected chi connectivity index (χ3v) is 1.99. The lowest BCUT2D eigenvalue weighted by Gasteiger charge is -2.13. The topological polar surface area (TPSA) is 67.8 Å². The Morgan fingerprint density at radius 2 is 2.40 bits per heavy atom. The maximum Gasteiger partial charge on any atom is 0.142 e. The molecule has 0 heterocycles. The lowest BCUT2D eigenvalue weighted by molar-refractivity contribution is 0.226. The van der Waals surface area contributed by atoms with E-state index in [4.69, 9.17) is 27.3 Å². The number of oxime groups is 1. The maximum absolute atomic E-state index is 8.38. The van der Waals surface area contributed by atoms with Crippen molar-refractivity contribution < 1.29 is 9.94 Å². The summed E-state index contributed by atoms with van der Waals surface area (Å²) in [6.07, 6.45) is 0.197. The number of nitrogens with zero attached hydrogens (tertiary/aromatic N) is 1. The molecule has 1 aromatic rings. The van der Waals surface area contributed by atoms with Crippen LogP contribution >= 0.6 is 11.6 Å². The van der Waals surface area contributed by atoms with Crippen molar-refractivity contribution in [2.24, 2.45) is 10.9 Å². The van der Waals surface area contributed by atoms with Crippen LogP contribution < -0.4 is 10.5 Å². The van der Waals surface area contributed by atoms with Gasteiger partial charge in [0.15, 0.2) is 0 Å². The van der Waals surface area contributed by atoms with Gasteiger partial charge in [-0.05, 0) is 25.1 Å². The molecule has 3 N–H and O–H groups in total. The van der Waals surface area contributed by atoms with Gasteiger partial charge in [-0.2, -0.15) is 0 Å². The number of ether oxygens (including phenoxy) is 1. The molecule has 0 saturated carbocycles.